The van der Waals surface area contributed by atoms with Gasteiger partial charge in [-0.05, 0) is 39.4 Å². The summed E-state index contributed by atoms with van der Waals surface area (Å²) in [5.41, 5.74) is 4.03. The predicted molar refractivity (Wildman–Crippen MR) is 115 cm³/mol. The van der Waals surface area contributed by atoms with E-state index in [2.05, 4.69) is 39.8 Å². The Labute approximate surface area is 174 Å². The zero-order valence-corrected chi connectivity index (χ0v) is 17.9. The number of rotatable bonds is 8. The van der Waals surface area contributed by atoms with Gasteiger partial charge in [-0.1, -0.05) is 11.6 Å². The summed E-state index contributed by atoms with van der Waals surface area (Å²) >= 11 is 11.4. The van der Waals surface area contributed by atoms with E-state index in [0.717, 1.165) is 43.0 Å². The molecular weight excluding hydrogens is 396 g/mol. The lowest BCUT2D eigenvalue weighted by atomic mass is 10.2. The van der Waals surface area contributed by atoms with E-state index in [0.29, 0.717) is 16.7 Å². The topological polar surface area (TPSA) is 77.5 Å². The van der Waals surface area contributed by atoms with Crippen molar-refractivity contribution < 1.29 is 0 Å². The molecule has 0 radical (unpaired) electrons. The molecule has 0 saturated carbocycles. The van der Waals surface area contributed by atoms with Crippen LogP contribution in [0.4, 0.5) is 5.69 Å². The third-order valence-electron chi connectivity index (χ3n) is 4.46. The van der Waals surface area contributed by atoms with Gasteiger partial charge in [-0.15, -0.1) is 0 Å². The van der Waals surface area contributed by atoms with E-state index in [1.54, 1.807) is 6.20 Å². The van der Waals surface area contributed by atoms with Crippen LogP contribution >= 0.6 is 23.8 Å². The van der Waals surface area contributed by atoms with Crippen molar-refractivity contribution in [3.8, 4) is 0 Å². The molecule has 3 aromatic heterocycles. The lowest BCUT2D eigenvalue weighted by Crippen LogP contribution is -2.29. The van der Waals surface area contributed by atoms with Gasteiger partial charge in [-0.2, -0.15) is 15.3 Å². The van der Waals surface area contributed by atoms with Crippen LogP contribution in [0, 0.1) is 13.8 Å². The first-order valence-electron chi connectivity index (χ1n) is 9.24. The van der Waals surface area contributed by atoms with Gasteiger partial charge in [-0.3, -0.25) is 14.0 Å². The highest BCUT2D eigenvalue weighted by Gasteiger charge is 2.08. The lowest BCUT2D eigenvalue weighted by Gasteiger charge is -2.09. The summed E-state index contributed by atoms with van der Waals surface area (Å²) < 4.78 is 5.71. The average molecular weight is 421 g/mol. The molecule has 10 heteroatoms. The summed E-state index contributed by atoms with van der Waals surface area (Å²) in [6.45, 7) is 9.13. The van der Waals surface area contributed by atoms with Crippen LogP contribution in [0.2, 0.25) is 5.02 Å². The molecule has 3 aromatic rings. The van der Waals surface area contributed by atoms with Gasteiger partial charge in [0.1, 0.15) is 0 Å². The Balaban J connectivity index is 1.42. The minimum Gasteiger partial charge on any atom is -0.362 e. The zero-order valence-electron chi connectivity index (χ0n) is 16.3. The molecule has 0 aliphatic heterocycles. The molecule has 0 spiro atoms. The number of thiocarbonyl (C=S) groups is 1. The highest BCUT2D eigenvalue weighted by atomic mass is 35.5. The van der Waals surface area contributed by atoms with Crippen LogP contribution < -0.4 is 10.6 Å². The molecule has 0 bridgehead atoms. The highest BCUT2D eigenvalue weighted by Crippen LogP contribution is 2.13. The van der Waals surface area contributed by atoms with E-state index in [1.807, 2.05) is 39.6 Å². The van der Waals surface area contributed by atoms with Crippen LogP contribution in [0.25, 0.3) is 0 Å². The van der Waals surface area contributed by atoms with Crippen LogP contribution in [0.15, 0.2) is 24.8 Å². The number of hydrogen-bond donors (Lipinski definition) is 2. The van der Waals surface area contributed by atoms with Crippen LogP contribution in [0.3, 0.4) is 0 Å². The van der Waals surface area contributed by atoms with E-state index in [9.17, 15) is 0 Å². The van der Waals surface area contributed by atoms with Crippen molar-refractivity contribution in [3.63, 3.8) is 0 Å². The largest absolute Gasteiger partial charge is 0.362 e. The molecule has 28 heavy (non-hydrogen) atoms. The fourth-order valence-corrected chi connectivity index (χ4v) is 3.25. The average Bonchev–Trinajstić information content (AvgIpc) is 3.33. The van der Waals surface area contributed by atoms with Crippen molar-refractivity contribution in [1.29, 1.82) is 0 Å². The van der Waals surface area contributed by atoms with Crippen LogP contribution in [0.5, 0.6) is 0 Å². The maximum atomic E-state index is 6.01. The third-order valence-corrected chi connectivity index (χ3v) is 5.08. The van der Waals surface area contributed by atoms with Gasteiger partial charge in [0.25, 0.3) is 0 Å². The van der Waals surface area contributed by atoms with Gasteiger partial charge in [0.15, 0.2) is 5.11 Å². The SMILES string of the molecule is CCn1ncc(Cn2cc(NC(=S)NCCCn3cc(Cl)c(C)n3)cn2)c1C. The fraction of sp³-hybridized carbons (Fsp3) is 0.444. The van der Waals surface area contributed by atoms with Gasteiger partial charge in [0.2, 0.25) is 0 Å². The lowest BCUT2D eigenvalue weighted by molar-refractivity contribution is 0.570. The molecular formula is C18H25ClN8S. The summed E-state index contributed by atoms with van der Waals surface area (Å²) in [7, 11) is 0. The maximum absolute atomic E-state index is 6.01. The maximum Gasteiger partial charge on any atom is 0.170 e. The first-order valence-corrected chi connectivity index (χ1v) is 10.0. The third kappa shape index (κ3) is 5.11. The van der Waals surface area contributed by atoms with Crippen LogP contribution in [-0.2, 0) is 19.6 Å². The Hall–Kier alpha value is -2.39. The van der Waals surface area contributed by atoms with Crippen molar-refractivity contribution in [1.82, 2.24) is 34.7 Å². The molecule has 8 nitrogen and oxygen atoms in total. The summed E-state index contributed by atoms with van der Waals surface area (Å²) in [5.74, 6) is 0. The number of aryl methyl sites for hydroxylation is 3. The molecule has 0 saturated heterocycles. The molecule has 0 aromatic carbocycles. The van der Waals surface area contributed by atoms with Crippen molar-refractivity contribution in [2.24, 2.45) is 0 Å². The molecule has 0 atom stereocenters. The highest BCUT2D eigenvalue weighted by molar-refractivity contribution is 7.80. The first-order chi connectivity index (χ1) is 13.5. The molecule has 0 amide bonds. The summed E-state index contributed by atoms with van der Waals surface area (Å²) in [4.78, 5) is 0. The van der Waals surface area contributed by atoms with Crippen molar-refractivity contribution in [2.45, 2.75) is 46.8 Å². The second-order valence-electron chi connectivity index (χ2n) is 6.56. The Morgan fingerprint density at radius 3 is 2.68 bits per heavy atom. The molecule has 0 fully saturated rings. The summed E-state index contributed by atoms with van der Waals surface area (Å²) in [6.07, 6.45) is 8.33. The number of anilines is 1. The second-order valence-corrected chi connectivity index (χ2v) is 7.37. The molecule has 2 N–H and O–H groups in total. The fourth-order valence-electron chi connectivity index (χ4n) is 2.87. The van der Waals surface area contributed by atoms with E-state index in [1.165, 1.54) is 5.69 Å². The number of halogens is 1. The van der Waals surface area contributed by atoms with Crippen LogP contribution in [-0.4, -0.2) is 41.0 Å². The first kappa shape index (κ1) is 20.3. The van der Waals surface area contributed by atoms with Gasteiger partial charge < -0.3 is 10.6 Å². The van der Waals surface area contributed by atoms with E-state index in [4.69, 9.17) is 23.8 Å². The minimum absolute atomic E-state index is 0.573. The smallest absolute Gasteiger partial charge is 0.170 e. The molecule has 150 valence electrons. The Bertz CT molecular complexity index is 922. The van der Waals surface area contributed by atoms with E-state index in [-0.39, 0.29) is 0 Å². The Morgan fingerprint density at radius 2 is 2.00 bits per heavy atom. The predicted octanol–water partition coefficient (Wildman–Crippen LogP) is 2.99. The second kappa shape index (κ2) is 9.20. The molecule has 0 aliphatic carbocycles. The molecule has 0 aliphatic rings. The van der Waals surface area contributed by atoms with Gasteiger partial charge in [-0.25, -0.2) is 0 Å². The number of nitrogens with one attached hydrogen (secondary N) is 2. The number of aromatic nitrogens is 6. The molecule has 3 rings (SSSR count). The normalized spacial score (nSPS) is 11.0. The Morgan fingerprint density at radius 1 is 1.18 bits per heavy atom. The standard InChI is InChI=1S/C18H25ClN8S/c1-4-27-14(3)15(8-22-27)10-26-11-16(9-21-26)23-18(28)20-6-5-7-25-12-17(19)13(2)24-25/h8-9,11-12H,4-7,10H2,1-3H3,(H2,20,23,28). The number of hydrogen-bond acceptors (Lipinski definition) is 4. The molecule has 3 heterocycles. The van der Waals surface area contributed by atoms with Crippen molar-refractivity contribution in [3.05, 3.63) is 46.8 Å². The van der Waals surface area contributed by atoms with Gasteiger partial charge in [0, 0.05) is 43.3 Å². The van der Waals surface area contributed by atoms with Crippen molar-refractivity contribution >= 4 is 34.6 Å². The van der Waals surface area contributed by atoms with E-state index < -0.39 is 0 Å². The number of nitrogens with zero attached hydrogens (tertiary/aromatic N) is 6. The van der Waals surface area contributed by atoms with Crippen molar-refractivity contribution in [2.75, 3.05) is 11.9 Å². The quantitative estimate of drug-likeness (QED) is 0.431. The van der Waals surface area contributed by atoms with E-state index >= 15 is 0 Å². The van der Waals surface area contributed by atoms with Gasteiger partial charge in [0.05, 0.1) is 35.3 Å². The summed E-state index contributed by atoms with van der Waals surface area (Å²) in [6, 6.07) is 0. The van der Waals surface area contributed by atoms with Gasteiger partial charge >= 0.3 is 0 Å². The molecule has 0 unspecified atom stereocenters. The van der Waals surface area contributed by atoms with Crippen LogP contribution in [0.1, 0.15) is 30.3 Å². The monoisotopic (exact) mass is 420 g/mol. The minimum atomic E-state index is 0.573. The Kier molecular flexibility index (Phi) is 6.69. The summed E-state index contributed by atoms with van der Waals surface area (Å²) in [5, 5.41) is 20.7. The zero-order chi connectivity index (χ0) is 20.1.